The maximum atomic E-state index is 10.7. The predicted molar refractivity (Wildman–Crippen MR) is 76.6 cm³/mol. The quantitative estimate of drug-likeness (QED) is 0.774. The van der Waals surface area contributed by atoms with Crippen LogP contribution in [-0.4, -0.2) is 54.7 Å². The third-order valence-corrected chi connectivity index (χ3v) is 2.91. The van der Waals surface area contributed by atoms with Crippen molar-refractivity contribution in [1.82, 2.24) is 9.88 Å². The van der Waals surface area contributed by atoms with Crippen LogP contribution < -0.4 is 4.90 Å². The molecule has 1 rings (SSSR count). The molecule has 1 aromatic heterocycles. The summed E-state index contributed by atoms with van der Waals surface area (Å²) in [5.41, 5.74) is 1.08. The highest BCUT2D eigenvalue weighted by atomic mass is 16.4. The predicted octanol–water partition coefficient (Wildman–Crippen LogP) is 1.62. The second-order valence-corrected chi connectivity index (χ2v) is 4.93. The van der Waals surface area contributed by atoms with Crippen molar-refractivity contribution >= 4 is 11.8 Å². The van der Waals surface area contributed by atoms with Gasteiger partial charge in [0.1, 0.15) is 5.82 Å². The first-order valence-electron chi connectivity index (χ1n) is 6.54. The molecule has 5 nitrogen and oxygen atoms in total. The van der Waals surface area contributed by atoms with Gasteiger partial charge >= 0.3 is 5.97 Å². The molecule has 19 heavy (non-hydrogen) atoms. The first-order valence-corrected chi connectivity index (χ1v) is 6.54. The fourth-order valence-electron chi connectivity index (χ4n) is 1.94. The zero-order valence-electron chi connectivity index (χ0n) is 12.0. The van der Waals surface area contributed by atoms with Crippen molar-refractivity contribution in [3.05, 3.63) is 23.9 Å². The van der Waals surface area contributed by atoms with E-state index in [0.29, 0.717) is 6.54 Å². The van der Waals surface area contributed by atoms with Crippen LogP contribution in [0.15, 0.2) is 18.3 Å². The SMILES string of the molecule is Cc1cccnc1N(CCCN(C)C)CCC(=O)O. The van der Waals surface area contributed by atoms with E-state index >= 15 is 0 Å². The summed E-state index contributed by atoms with van der Waals surface area (Å²) in [5, 5.41) is 8.84. The lowest BCUT2D eigenvalue weighted by atomic mass is 10.2. The topological polar surface area (TPSA) is 56.7 Å². The number of aliphatic carboxylic acids is 1. The molecule has 106 valence electrons. The van der Waals surface area contributed by atoms with E-state index in [4.69, 9.17) is 5.11 Å². The van der Waals surface area contributed by atoms with Gasteiger partial charge in [-0.2, -0.15) is 0 Å². The Kier molecular flexibility index (Phi) is 6.29. The summed E-state index contributed by atoms with van der Waals surface area (Å²) in [5.74, 6) is 0.119. The molecule has 0 saturated heterocycles. The molecule has 0 fully saturated rings. The fourth-order valence-corrected chi connectivity index (χ4v) is 1.94. The molecule has 0 aliphatic heterocycles. The highest BCUT2D eigenvalue weighted by molar-refractivity contribution is 5.67. The zero-order chi connectivity index (χ0) is 14.3. The van der Waals surface area contributed by atoms with Gasteiger partial charge in [-0.1, -0.05) is 6.07 Å². The second-order valence-electron chi connectivity index (χ2n) is 4.93. The molecule has 0 aliphatic carbocycles. The number of hydrogen-bond donors (Lipinski definition) is 1. The molecule has 0 saturated carbocycles. The summed E-state index contributed by atoms with van der Waals surface area (Å²) in [6.07, 6.45) is 2.88. The van der Waals surface area contributed by atoms with Crippen LogP contribution in [0, 0.1) is 6.92 Å². The maximum Gasteiger partial charge on any atom is 0.305 e. The number of hydrogen-bond acceptors (Lipinski definition) is 4. The van der Waals surface area contributed by atoms with Gasteiger partial charge in [-0.05, 0) is 45.6 Å². The molecular weight excluding hydrogens is 242 g/mol. The fraction of sp³-hybridized carbons (Fsp3) is 0.571. The molecule has 0 aromatic carbocycles. The standard InChI is InChI=1S/C14H23N3O2/c1-12-6-4-8-15-14(12)17(11-7-13(18)19)10-5-9-16(2)3/h4,6,8H,5,7,9-11H2,1-3H3,(H,18,19). The summed E-state index contributed by atoms with van der Waals surface area (Å²) in [6, 6.07) is 3.90. The van der Waals surface area contributed by atoms with Gasteiger partial charge in [0.05, 0.1) is 6.42 Å². The lowest BCUT2D eigenvalue weighted by Crippen LogP contribution is -2.30. The number of aromatic nitrogens is 1. The number of rotatable bonds is 8. The molecule has 0 atom stereocenters. The van der Waals surface area contributed by atoms with Crippen molar-refractivity contribution in [3.63, 3.8) is 0 Å². The van der Waals surface area contributed by atoms with Gasteiger partial charge in [0.2, 0.25) is 0 Å². The lowest BCUT2D eigenvalue weighted by Gasteiger charge is -2.25. The molecule has 1 aromatic rings. The molecule has 1 heterocycles. The van der Waals surface area contributed by atoms with Crippen molar-refractivity contribution in [2.24, 2.45) is 0 Å². The van der Waals surface area contributed by atoms with E-state index in [1.54, 1.807) is 6.20 Å². The Morgan fingerprint density at radius 3 is 2.63 bits per heavy atom. The van der Waals surface area contributed by atoms with Crippen molar-refractivity contribution < 1.29 is 9.90 Å². The largest absolute Gasteiger partial charge is 0.481 e. The monoisotopic (exact) mass is 265 g/mol. The van der Waals surface area contributed by atoms with Crippen LogP contribution >= 0.6 is 0 Å². The second kappa shape index (κ2) is 7.74. The summed E-state index contributed by atoms with van der Waals surface area (Å²) in [4.78, 5) is 19.3. The molecule has 1 N–H and O–H groups in total. The van der Waals surface area contributed by atoms with Crippen LogP contribution in [0.5, 0.6) is 0 Å². The summed E-state index contributed by atoms with van der Waals surface area (Å²) in [6.45, 7) is 4.31. The minimum Gasteiger partial charge on any atom is -0.481 e. The number of anilines is 1. The lowest BCUT2D eigenvalue weighted by molar-refractivity contribution is -0.136. The van der Waals surface area contributed by atoms with Gasteiger partial charge < -0.3 is 14.9 Å². The summed E-state index contributed by atoms with van der Waals surface area (Å²) < 4.78 is 0. The van der Waals surface area contributed by atoms with E-state index < -0.39 is 5.97 Å². The molecule has 0 radical (unpaired) electrons. The van der Waals surface area contributed by atoms with Crippen molar-refractivity contribution in [1.29, 1.82) is 0 Å². The van der Waals surface area contributed by atoms with E-state index in [1.807, 2.05) is 33.2 Å². The molecular formula is C14H23N3O2. The van der Waals surface area contributed by atoms with Gasteiger partial charge in [0.25, 0.3) is 0 Å². The van der Waals surface area contributed by atoms with Crippen LogP contribution in [0.25, 0.3) is 0 Å². The minimum absolute atomic E-state index is 0.137. The first kappa shape index (κ1) is 15.4. The van der Waals surface area contributed by atoms with Crippen molar-refractivity contribution in [2.45, 2.75) is 19.8 Å². The number of aryl methyl sites for hydroxylation is 1. The van der Waals surface area contributed by atoms with E-state index in [0.717, 1.165) is 30.9 Å². The van der Waals surface area contributed by atoms with Gasteiger partial charge in [-0.15, -0.1) is 0 Å². The smallest absolute Gasteiger partial charge is 0.305 e. The summed E-state index contributed by atoms with van der Waals surface area (Å²) in [7, 11) is 4.07. The van der Waals surface area contributed by atoms with E-state index in [1.165, 1.54) is 0 Å². The maximum absolute atomic E-state index is 10.7. The molecule has 0 amide bonds. The molecule has 0 bridgehead atoms. The van der Waals surface area contributed by atoms with Gasteiger partial charge in [0, 0.05) is 19.3 Å². The molecule has 5 heteroatoms. The van der Waals surface area contributed by atoms with Crippen LogP contribution in [0.2, 0.25) is 0 Å². The number of carbonyl (C=O) groups is 1. The van der Waals surface area contributed by atoms with Crippen LogP contribution in [0.1, 0.15) is 18.4 Å². The van der Waals surface area contributed by atoms with Crippen LogP contribution in [-0.2, 0) is 4.79 Å². The Hall–Kier alpha value is -1.62. The average Bonchev–Trinajstić information content (AvgIpc) is 2.34. The van der Waals surface area contributed by atoms with Crippen molar-refractivity contribution in [2.75, 3.05) is 38.6 Å². The molecule has 0 unspecified atom stereocenters. The Balaban J connectivity index is 2.68. The summed E-state index contributed by atoms with van der Waals surface area (Å²) >= 11 is 0. The highest BCUT2D eigenvalue weighted by Gasteiger charge is 2.11. The molecule has 0 aliphatic rings. The number of carboxylic acids is 1. The third kappa shape index (κ3) is 5.70. The van der Waals surface area contributed by atoms with E-state index in [2.05, 4.69) is 14.8 Å². The van der Waals surface area contributed by atoms with Crippen LogP contribution in [0.3, 0.4) is 0 Å². The van der Waals surface area contributed by atoms with Crippen molar-refractivity contribution in [3.8, 4) is 0 Å². The minimum atomic E-state index is -0.772. The number of carboxylic acid groups (broad SMARTS) is 1. The molecule has 0 spiro atoms. The Labute approximate surface area is 114 Å². The number of nitrogens with zero attached hydrogens (tertiary/aromatic N) is 3. The highest BCUT2D eigenvalue weighted by Crippen LogP contribution is 2.16. The van der Waals surface area contributed by atoms with Gasteiger partial charge in [0.15, 0.2) is 0 Å². The zero-order valence-corrected chi connectivity index (χ0v) is 12.0. The Morgan fingerprint density at radius 2 is 2.05 bits per heavy atom. The van der Waals surface area contributed by atoms with E-state index in [-0.39, 0.29) is 6.42 Å². The average molecular weight is 265 g/mol. The third-order valence-electron chi connectivity index (χ3n) is 2.91. The van der Waals surface area contributed by atoms with E-state index in [9.17, 15) is 4.79 Å². The number of pyridine rings is 1. The Bertz CT molecular complexity index is 407. The first-order chi connectivity index (χ1) is 9.00. The van der Waals surface area contributed by atoms with Gasteiger partial charge in [-0.25, -0.2) is 4.98 Å². The normalized spacial score (nSPS) is 10.7. The van der Waals surface area contributed by atoms with Gasteiger partial charge in [-0.3, -0.25) is 4.79 Å². The Morgan fingerprint density at radius 1 is 1.32 bits per heavy atom. The van der Waals surface area contributed by atoms with Crippen LogP contribution in [0.4, 0.5) is 5.82 Å².